The van der Waals surface area contributed by atoms with Crippen molar-refractivity contribution in [3.8, 4) is 0 Å². The molecule has 0 aromatic carbocycles. The molecule has 3 heterocycles. The molecule has 0 spiro atoms. The van der Waals surface area contributed by atoms with Crippen molar-refractivity contribution >= 4 is 39.0 Å². The zero-order valence-corrected chi connectivity index (χ0v) is 16.9. The number of anilines is 1. The van der Waals surface area contributed by atoms with Gasteiger partial charge in [-0.05, 0) is 73.7 Å². The number of thiophene rings is 1. The Labute approximate surface area is 158 Å². The number of aromatic nitrogens is 2. The molecule has 2 aromatic heterocycles. The lowest BCUT2D eigenvalue weighted by molar-refractivity contribution is 0.218. The summed E-state index contributed by atoms with van der Waals surface area (Å²) in [4.78, 5) is 11.7. The van der Waals surface area contributed by atoms with Crippen LogP contribution in [-0.2, 0) is 12.8 Å². The van der Waals surface area contributed by atoms with Gasteiger partial charge in [0.25, 0.3) is 0 Å². The van der Waals surface area contributed by atoms with Gasteiger partial charge in [-0.1, -0.05) is 20.8 Å². The molecule has 25 heavy (non-hydrogen) atoms. The molecule has 1 aliphatic heterocycles. The van der Waals surface area contributed by atoms with E-state index in [1.165, 1.54) is 22.2 Å². The molecule has 6 heteroatoms. The number of hydrogen-bond acceptors (Lipinski definition) is 5. The number of hydrogen-bond donors (Lipinski definition) is 2. The molecule has 1 atom stereocenters. The minimum absolute atomic E-state index is 0.355. The molecule has 0 radical (unpaired) electrons. The van der Waals surface area contributed by atoms with E-state index in [1.807, 2.05) is 11.3 Å². The second-order valence-corrected chi connectivity index (χ2v) is 9.92. The van der Waals surface area contributed by atoms with Gasteiger partial charge in [0.15, 0.2) is 0 Å². The van der Waals surface area contributed by atoms with E-state index < -0.39 is 0 Å². The van der Waals surface area contributed by atoms with Crippen LogP contribution < -0.4 is 10.6 Å². The molecule has 0 saturated carbocycles. The number of nitrogens with one attached hydrogen (secondary N) is 2. The van der Waals surface area contributed by atoms with Crippen molar-refractivity contribution in [2.24, 2.45) is 11.3 Å². The van der Waals surface area contributed by atoms with E-state index >= 15 is 0 Å². The maximum absolute atomic E-state index is 6.24. The SMILES string of the molecule is CC(C)(C)C1CCc2c(sc3nc(Cl)nc(NC4CCNCC4)c23)C1. The second kappa shape index (κ2) is 6.67. The zero-order valence-electron chi connectivity index (χ0n) is 15.3. The lowest BCUT2D eigenvalue weighted by Crippen LogP contribution is -2.35. The van der Waals surface area contributed by atoms with E-state index in [-0.39, 0.29) is 0 Å². The van der Waals surface area contributed by atoms with Crippen molar-refractivity contribution < 1.29 is 0 Å². The summed E-state index contributed by atoms with van der Waals surface area (Å²) in [5, 5.41) is 8.68. The molecular formula is C19H27ClN4S. The topological polar surface area (TPSA) is 49.8 Å². The summed E-state index contributed by atoms with van der Waals surface area (Å²) in [6.07, 6.45) is 5.79. The number of aryl methyl sites for hydroxylation is 1. The molecule has 1 saturated heterocycles. The van der Waals surface area contributed by atoms with Gasteiger partial charge in [-0.2, -0.15) is 0 Å². The molecular weight excluding hydrogens is 352 g/mol. The Kier molecular flexibility index (Phi) is 4.67. The summed E-state index contributed by atoms with van der Waals surface area (Å²) in [5.41, 5.74) is 1.82. The predicted molar refractivity (Wildman–Crippen MR) is 107 cm³/mol. The third kappa shape index (κ3) is 3.51. The molecule has 4 nitrogen and oxygen atoms in total. The summed E-state index contributed by atoms with van der Waals surface area (Å²) in [6.45, 7) is 9.20. The zero-order chi connectivity index (χ0) is 17.6. The number of piperidine rings is 1. The quantitative estimate of drug-likeness (QED) is 0.746. The van der Waals surface area contributed by atoms with Gasteiger partial charge in [0.2, 0.25) is 5.28 Å². The van der Waals surface area contributed by atoms with Gasteiger partial charge in [-0.15, -0.1) is 11.3 Å². The predicted octanol–water partition coefficient (Wildman–Crippen LogP) is 4.66. The first-order valence-corrected chi connectivity index (χ1v) is 10.6. The summed E-state index contributed by atoms with van der Waals surface area (Å²) in [7, 11) is 0. The molecule has 1 fully saturated rings. The Bertz CT molecular complexity index is 774. The molecule has 2 N–H and O–H groups in total. The fraction of sp³-hybridized carbons (Fsp3) is 0.684. The number of halogens is 1. The van der Waals surface area contributed by atoms with Crippen LogP contribution in [0.3, 0.4) is 0 Å². The third-order valence-corrected chi connectivity index (χ3v) is 7.10. The van der Waals surface area contributed by atoms with Gasteiger partial charge in [-0.3, -0.25) is 0 Å². The van der Waals surface area contributed by atoms with E-state index in [9.17, 15) is 0 Å². The molecule has 136 valence electrons. The van der Waals surface area contributed by atoms with Gasteiger partial charge in [-0.25, -0.2) is 9.97 Å². The first kappa shape index (κ1) is 17.5. The Morgan fingerprint density at radius 1 is 1.16 bits per heavy atom. The fourth-order valence-electron chi connectivity index (χ4n) is 4.15. The van der Waals surface area contributed by atoms with Crippen LogP contribution in [0.4, 0.5) is 5.82 Å². The van der Waals surface area contributed by atoms with Crippen LogP contribution in [0, 0.1) is 11.3 Å². The van der Waals surface area contributed by atoms with E-state index in [1.54, 1.807) is 0 Å². The van der Waals surface area contributed by atoms with Crippen molar-refractivity contribution in [2.45, 2.75) is 58.9 Å². The van der Waals surface area contributed by atoms with E-state index in [0.717, 1.165) is 55.3 Å². The highest BCUT2D eigenvalue weighted by Crippen LogP contribution is 2.44. The first-order valence-electron chi connectivity index (χ1n) is 9.37. The Balaban J connectivity index is 1.71. The average Bonchev–Trinajstić information content (AvgIpc) is 2.92. The first-order chi connectivity index (χ1) is 11.9. The third-order valence-electron chi connectivity index (χ3n) is 5.79. The van der Waals surface area contributed by atoms with Gasteiger partial charge < -0.3 is 10.6 Å². The lowest BCUT2D eigenvalue weighted by atomic mass is 9.72. The van der Waals surface area contributed by atoms with Crippen LogP contribution in [0.2, 0.25) is 5.28 Å². The molecule has 2 aliphatic rings. The van der Waals surface area contributed by atoms with Gasteiger partial charge >= 0.3 is 0 Å². The number of rotatable bonds is 2. The summed E-state index contributed by atoms with van der Waals surface area (Å²) in [6, 6.07) is 0.469. The van der Waals surface area contributed by atoms with Crippen LogP contribution in [-0.4, -0.2) is 29.1 Å². The lowest BCUT2D eigenvalue weighted by Gasteiger charge is -2.33. The largest absolute Gasteiger partial charge is 0.367 e. The Morgan fingerprint density at radius 2 is 1.92 bits per heavy atom. The highest BCUT2D eigenvalue weighted by molar-refractivity contribution is 7.19. The normalized spacial score (nSPS) is 22.2. The number of nitrogens with zero attached hydrogens (tertiary/aromatic N) is 2. The molecule has 2 aromatic rings. The summed E-state index contributed by atoms with van der Waals surface area (Å²) < 4.78 is 0. The highest BCUT2D eigenvalue weighted by Gasteiger charge is 2.32. The molecule has 0 amide bonds. The van der Waals surface area contributed by atoms with Crippen molar-refractivity contribution in [1.82, 2.24) is 15.3 Å². The van der Waals surface area contributed by atoms with Crippen molar-refractivity contribution in [1.29, 1.82) is 0 Å². The summed E-state index contributed by atoms with van der Waals surface area (Å²) in [5.74, 6) is 1.69. The van der Waals surface area contributed by atoms with Crippen molar-refractivity contribution in [3.63, 3.8) is 0 Å². The van der Waals surface area contributed by atoms with Crippen molar-refractivity contribution in [2.75, 3.05) is 18.4 Å². The number of fused-ring (bicyclic) bond motifs is 3. The van der Waals surface area contributed by atoms with E-state index in [4.69, 9.17) is 11.6 Å². The maximum Gasteiger partial charge on any atom is 0.225 e. The fourth-order valence-corrected chi connectivity index (χ4v) is 5.67. The Hall–Kier alpha value is -0.910. The summed E-state index contributed by atoms with van der Waals surface area (Å²) >= 11 is 8.06. The van der Waals surface area contributed by atoms with Crippen LogP contribution in [0.15, 0.2) is 0 Å². The van der Waals surface area contributed by atoms with E-state index in [0.29, 0.717) is 16.7 Å². The smallest absolute Gasteiger partial charge is 0.225 e. The van der Waals surface area contributed by atoms with Crippen LogP contribution in [0.25, 0.3) is 10.2 Å². The van der Waals surface area contributed by atoms with Crippen LogP contribution in [0.5, 0.6) is 0 Å². The van der Waals surface area contributed by atoms with E-state index in [2.05, 4.69) is 41.4 Å². The second-order valence-electron chi connectivity index (χ2n) is 8.50. The minimum Gasteiger partial charge on any atom is -0.367 e. The average molecular weight is 379 g/mol. The highest BCUT2D eigenvalue weighted by atomic mass is 35.5. The Morgan fingerprint density at radius 3 is 2.64 bits per heavy atom. The standard InChI is InChI=1S/C19H27ClN4S/c1-19(2,3)11-4-5-13-14(10-11)25-17-15(13)16(23-18(20)24-17)22-12-6-8-21-9-7-12/h11-12,21H,4-10H2,1-3H3,(H,22,23,24). The van der Waals surface area contributed by atoms with Crippen LogP contribution >= 0.6 is 22.9 Å². The van der Waals surface area contributed by atoms with Gasteiger partial charge in [0, 0.05) is 10.9 Å². The monoisotopic (exact) mass is 378 g/mol. The molecule has 1 unspecified atom stereocenters. The van der Waals surface area contributed by atoms with Crippen molar-refractivity contribution in [3.05, 3.63) is 15.7 Å². The molecule has 4 rings (SSSR count). The van der Waals surface area contributed by atoms with Crippen LogP contribution in [0.1, 0.15) is 50.5 Å². The molecule has 0 bridgehead atoms. The van der Waals surface area contributed by atoms with Gasteiger partial charge in [0.1, 0.15) is 10.6 Å². The molecule has 1 aliphatic carbocycles. The maximum atomic E-state index is 6.24. The van der Waals surface area contributed by atoms with Gasteiger partial charge in [0.05, 0.1) is 5.39 Å². The minimum atomic E-state index is 0.355.